The van der Waals surface area contributed by atoms with Gasteiger partial charge in [0, 0.05) is 18.7 Å². The molecule has 0 saturated heterocycles. The summed E-state index contributed by atoms with van der Waals surface area (Å²) in [6.45, 7) is 8.76. The summed E-state index contributed by atoms with van der Waals surface area (Å²) in [5.74, 6) is 0.293. The third-order valence-corrected chi connectivity index (χ3v) is 4.41. The Morgan fingerprint density at radius 3 is 2.75 bits per heavy atom. The number of nitrogens with one attached hydrogen (secondary N) is 1. The molecule has 1 amide bonds. The van der Waals surface area contributed by atoms with Crippen LogP contribution in [-0.4, -0.2) is 32.5 Å². The molecular formula is C17H21FN4OS. The summed E-state index contributed by atoms with van der Waals surface area (Å²) in [7, 11) is 0. The van der Waals surface area contributed by atoms with Crippen LogP contribution in [0.2, 0.25) is 0 Å². The van der Waals surface area contributed by atoms with Crippen LogP contribution in [0.25, 0.3) is 11.4 Å². The van der Waals surface area contributed by atoms with Gasteiger partial charge in [-0.05, 0) is 37.6 Å². The van der Waals surface area contributed by atoms with Gasteiger partial charge in [0.2, 0.25) is 5.91 Å². The van der Waals surface area contributed by atoms with E-state index >= 15 is 0 Å². The number of rotatable bonds is 8. The van der Waals surface area contributed by atoms with E-state index in [2.05, 4.69) is 22.1 Å². The van der Waals surface area contributed by atoms with E-state index in [0.29, 0.717) is 24.1 Å². The van der Waals surface area contributed by atoms with E-state index in [1.807, 2.05) is 18.4 Å². The van der Waals surface area contributed by atoms with Gasteiger partial charge in [0.25, 0.3) is 0 Å². The van der Waals surface area contributed by atoms with Crippen LogP contribution in [0.15, 0.2) is 42.1 Å². The SMILES string of the molecule is C=CCn1c(S[C@H](C)C(=O)NCCC)nnc1-c1ccc(F)cc1. The minimum Gasteiger partial charge on any atom is -0.355 e. The Kier molecular flexibility index (Phi) is 6.54. The molecule has 128 valence electrons. The summed E-state index contributed by atoms with van der Waals surface area (Å²) < 4.78 is 15.0. The van der Waals surface area contributed by atoms with Gasteiger partial charge in [0.05, 0.1) is 5.25 Å². The molecule has 7 heteroatoms. The first-order valence-electron chi connectivity index (χ1n) is 7.81. The molecule has 0 fully saturated rings. The maximum Gasteiger partial charge on any atom is 0.233 e. The first-order chi connectivity index (χ1) is 11.6. The minimum absolute atomic E-state index is 0.0293. The van der Waals surface area contributed by atoms with Gasteiger partial charge in [-0.1, -0.05) is 24.8 Å². The third-order valence-electron chi connectivity index (χ3n) is 3.33. The van der Waals surface area contributed by atoms with E-state index in [0.717, 1.165) is 12.0 Å². The molecule has 2 rings (SSSR count). The van der Waals surface area contributed by atoms with Crippen LogP contribution in [0, 0.1) is 5.82 Å². The van der Waals surface area contributed by atoms with E-state index in [-0.39, 0.29) is 17.0 Å². The first kappa shape index (κ1) is 18.2. The molecule has 1 aromatic heterocycles. The molecule has 2 aromatic rings. The fourth-order valence-corrected chi connectivity index (χ4v) is 2.97. The zero-order chi connectivity index (χ0) is 17.5. The van der Waals surface area contributed by atoms with Crippen LogP contribution in [0.4, 0.5) is 4.39 Å². The Morgan fingerprint density at radius 2 is 2.12 bits per heavy atom. The standard InChI is InChI=1S/C17H21FN4OS/c1-4-10-19-16(23)12(3)24-17-21-20-15(22(17)11-5-2)13-6-8-14(18)9-7-13/h5-9,12H,2,4,10-11H2,1,3H3,(H,19,23)/t12-/m1/s1. The number of halogens is 1. The predicted octanol–water partition coefficient (Wildman–Crippen LogP) is 3.28. The quantitative estimate of drug-likeness (QED) is 0.587. The van der Waals surface area contributed by atoms with E-state index in [1.165, 1.54) is 23.9 Å². The highest BCUT2D eigenvalue weighted by Gasteiger charge is 2.20. The molecule has 0 aliphatic carbocycles. The fraction of sp³-hybridized carbons (Fsp3) is 0.353. The van der Waals surface area contributed by atoms with Crippen molar-refractivity contribution in [1.29, 1.82) is 0 Å². The Hall–Kier alpha value is -2.15. The molecule has 0 saturated carbocycles. The molecule has 0 aliphatic heterocycles. The average molecular weight is 348 g/mol. The van der Waals surface area contributed by atoms with Crippen LogP contribution in [0.1, 0.15) is 20.3 Å². The summed E-state index contributed by atoms with van der Waals surface area (Å²) in [6.07, 6.45) is 2.63. The number of thioether (sulfide) groups is 1. The van der Waals surface area contributed by atoms with E-state index in [9.17, 15) is 9.18 Å². The molecule has 0 spiro atoms. The van der Waals surface area contributed by atoms with Crippen LogP contribution in [0.5, 0.6) is 0 Å². The van der Waals surface area contributed by atoms with E-state index in [4.69, 9.17) is 0 Å². The monoisotopic (exact) mass is 348 g/mol. The molecule has 1 aromatic carbocycles. The van der Waals surface area contributed by atoms with Crippen molar-refractivity contribution in [3.8, 4) is 11.4 Å². The lowest BCUT2D eigenvalue weighted by Gasteiger charge is -2.12. The highest BCUT2D eigenvalue weighted by molar-refractivity contribution is 8.00. The van der Waals surface area contributed by atoms with Gasteiger partial charge in [0.15, 0.2) is 11.0 Å². The van der Waals surface area contributed by atoms with Gasteiger partial charge in [0.1, 0.15) is 5.82 Å². The number of carbonyl (C=O) groups is 1. The van der Waals surface area contributed by atoms with Gasteiger partial charge in [-0.2, -0.15) is 0 Å². The summed E-state index contributed by atoms with van der Waals surface area (Å²) in [6, 6.07) is 6.08. The van der Waals surface area contributed by atoms with Crippen molar-refractivity contribution in [2.24, 2.45) is 0 Å². The summed E-state index contributed by atoms with van der Waals surface area (Å²) >= 11 is 1.34. The van der Waals surface area contributed by atoms with Gasteiger partial charge >= 0.3 is 0 Å². The van der Waals surface area contributed by atoms with Gasteiger partial charge < -0.3 is 5.32 Å². The maximum absolute atomic E-state index is 13.1. The molecule has 0 radical (unpaired) electrons. The molecule has 0 bridgehead atoms. The Morgan fingerprint density at radius 1 is 1.42 bits per heavy atom. The van der Waals surface area contributed by atoms with Crippen LogP contribution >= 0.6 is 11.8 Å². The molecule has 1 N–H and O–H groups in total. The zero-order valence-electron chi connectivity index (χ0n) is 13.8. The molecular weight excluding hydrogens is 327 g/mol. The third kappa shape index (κ3) is 4.44. The molecule has 1 heterocycles. The van der Waals surface area contributed by atoms with E-state index < -0.39 is 0 Å². The van der Waals surface area contributed by atoms with Crippen molar-refractivity contribution < 1.29 is 9.18 Å². The molecule has 24 heavy (non-hydrogen) atoms. The van der Waals surface area contributed by atoms with E-state index in [1.54, 1.807) is 18.2 Å². The molecule has 0 aliphatic rings. The van der Waals surface area contributed by atoms with Crippen molar-refractivity contribution in [2.75, 3.05) is 6.54 Å². The Labute approximate surface area is 145 Å². The van der Waals surface area contributed by atoms with Crippen LogP contribution < -0.4 is 5.32 Å². The fourth-order valence-electron chi connectivity index (χ4n) is 2.09. The van der Waals surface area contributed by atoms with Crippen molar-refractivity contribution >= 4 is 17.7 Å². The number of allylic oxidation sites excluding steroid dienone is 1. The molecule has 5 nitrogen and oxygen atoms in total. The minimum atomic E-state index is -0.302. The van der Waals surface area contributed by atoms with Crippen LogP contribution in [-0.2, 0) is 11.3 Å². The normalized spacial score (nSPS) is 12.0. The maximum atomic E-state index is 13.1. The summed E-state index contributed by atoms with van der Waals surface area (Å²) in [5.41, 5.74) is 0.765. The number of aromatic nitrogens is 3. The lowest BCUT2D eigenvalue weighted by atomic mass is 10.2. The predicted molar refractivity (Wildman–Crippen MR) is 94.2 cm³/mol. The summed E-state index contributed by atoms with van der Waals surface area (Å²) in [4.78, 5) is 12.0. The first-order valence-corrected chi connectivity index (χ1v) is 8.69. The van der Waals surface area contributed by atoms with Crippen molar-refractivity contribution in [3.05, 3.63) is 42.7 Å². The average Bonchev–Trinajstić information content (AvgIpc) is 2.96. The second-order valence-corrected chi connectivity index (χ2v) is 6.57. The largest absolute Gasteiger partial charge is 0.355 e. The Bertz CT molecular complexity index is 699. The number of hydrogen-bond acceptors (Lipinski definition) is 4. The van der Waals surface area contributed by atoms with Gasteiger partial charge in [-0.3, -0.25) is 9.36 Å². The van der Waals surface area contributed by atoms with Crippen molar-refractivity contribution in [2.45, 2.75) is 37.2 Å². The smallest absolute Gasteiger partial charge is 0.233 e. The van der Waals surface area contributed by atoms with Crippen LogP contribution in [0.3, 0.4) is 0 Å². The number of benzene rings is 1. The second-order valence-electron chi connectivity index (χ2n) is 5.26. The number of nitrogens with zero attached hydrogens (tertiary/aromatic N) is 3. The summed E-state index contributed by atoms with van der Waals surface area (Å²) in [5, 5.41) is 11.6. The highest BCUT2D eigenvalue weighted by Crippen LogP contribution is 2.27. The Balaban J connectivity index is 2.23. The number of hydrogen-bond donors (Lipinski definition) is 1. The topological polar surface area (TPSA) is 59.8 Å². The molecule has 1 atom stereocenters. The van der Waals surface area contributed by atoms with Crippen molar-refractivity contribution in [1.82, 2.24) is 20.1 Å². The second kappa shape index (κ2) is 8.63. The number of amides is 1. The van der Waals surface area contributed by atoms with Gasteiger partial charge in [-0.15, -0.1) is 16.8 Å². The molecule has 0 unspecified atom stereocenters. The van der Waals surface area contributed by atoms with Crippen molar-refractivity contribution in [3.63, 3.8) is 0 Å². The lowest BCUT2D eigenvalue weighted by molar-refractivity contribution is -0.120. The number of carbonyl (C=O) groups excluding carboxylic acids is 1. The zero-order valence-corrected chi connectivity index (χ0v) is 14.6. The van der Waals surface area contributed by atoms with Gasteiger partial charge in [-0.25, -0.2) is 4.39 Å². The lowest BCUT2D eigenvalue weighted by Crippen LogP contribution is -2.31. The highest BCUT2D eigenvalue weighted by atomic mass is 32.2.